The lowest BCUT2D eigenvalue weighted by Gasteiger charge is -2.09. The molecule has 1 rings (SSSR count). The normalized spacial score (nSPS) is 9.89. The van der Waals surface area contributed by atoms with E-state index in [0.717, 1.165) is 11.1 Å². The molecule has 0 aliphatic carbocycles. The van der Waals surface area contributed by atoms with Crippen LogP contribution in [-0.4, -0.2) is 30.1 Å². The summed E-state index contributed by atoms with van der Waals surface area (Å²) in [5, 5.41) is 10.9. The van der Waals surface area contributed by atoms with E-state index in [9.17, 15) is 9.59 Å². The van der Waals surface area contributed by atoms with E-state index in [1.54, 1.807) is 0 Å². The molecule has 0 aliphatic rings. The molecule has 98 valence electrons. The highest BCUT2D eigenvalue weighted by Gasteiger charge is 2.05. The Kier molecular flexibility index (Phi) is 5.17. The lowest BCUT2D eigenvalue weighted by atomic mass is 10.1. The molecule has 2 N–H and O–H groups in total. The van der Waals surface area contributed by atoms with Gasteiger partial charge in [0.15, 0.2) is 6.61 Å². The van der Waals surface area contributed by atoms with Gasteiger partial charge in [0.2, 0.25) is 0 Å². The molecule has 0 atom stereocenters. The minimum atomic E-state index is -0.939. The van der Waals surface area contributed by atoms with Crippen LogP contribution in [0.2, 0.25) is 0 Å². The monoisotopic (exact) mass is 251 g/mol. The zero-order valence-electron chi connectivity index (χ0n) is 10.5. The first-order valence-electron chi connectivity index (χ1n) is 5.67. The van der Waals surface area contributed by atoms with Crippen LogP contribution in [0.4, 0.5) is 0 Å². The highest BCUT2D eigenvalue weighted by atomic mass is 16.5. The van der Waals surface area contributed by atoms with Crippen LogP contribution in [0.1, 0.15) is 17.5 Å². The van der Waals surface area contributed by atoms with Crippen LogP contribution in [-0.2, 0) is 9.59 Å². The zero-order valence-corrected chi connectivity index (χ0v) is 10.5. The second-order valence-corrected chi connectivity index (χ2v) is 4.05. The number of benzene rings is 1. The predicted molar refractivity (Wildman–Crippen MR) is 66.7 cm³/mol. The second-order valence-electron chi connectivity index (χ2n) is 4.05. The molecule has 0 heterocycles. The predicted octanol–water partition coefficient (Wildman–Crippen LogP) is 1.27. The Balaban J connectivity index is 2.36. The molecule has 1 aromatic carbocycles. The summed E-state index contributed by atoms with van der Waals surface area (Å²) in [7, 11) is 0. The maximum Gasteiger partial charge on any atom is 0.305 e. The van der Waals surface area contributed by atoms with Crippen LogP contribution < -0.4 is 10.1 Å². The van der Waals surface area contributed by atoms with Crippen molar-refractivity contribution >= 4 is 11.9 Å². The molecule has 5 nitrogen and oxygen atoms in total. The molecule has 0 unspecified atom stereocenters. The summed E-state index contributed by atoms with van der Waals surface area (Å²) in [6.07, 6.45) is -0.0880. The van der Waals surface area contributed by atoms with Gasteiger partial charge >= 0.3 is 5.97 Å². The summed E-state index contributed by atoms with van der Waals surface area (Å²) < 4.78 is 5.35. The molecule has 5 heteroatoms. The average Bonchev–Trinajstić information content (AvgIpc) is 2.27. The summed E-state index contributed by atoms with van der Waals surface area (Å²) in [6.45, 7) is 3.90. The molecule has 1 aromatic rings. The number of aryl methyl sites for hydroxylation is 2. The van der Waals surface area contributed by atoms with E-state index in [-0.39, 0.29) is 25.5 Å². The largest absolute Gasteiger partial charge is 0.484 e. The van der Waals surface area contributed by atoms with Gasteiger partial charge in [-0.1, -0.05) is 17.7 Å². The van der Waals surface area contributed by atoms with Crippen LogP contribution >= 0.6 is 0 Å². The molecule has 18 heavy (non-hydrogen) atoms. The van der Waals surface area contributed by atoms with Crippen LogP contribution in [0.3, 0.4) is 0 Å². The van der Waals surface area contributed by atoms with Crippen molar-refractivity contribution in [2.24, 2.45) is 0 Å². The third kappa shape index (κ3) is 4.86. The second kappa shape index (κ2) is 6.64. The van der Waals surface area contributed by atoms with Gasteiger partial charge in [0, 0.05) is 6.54 Å². The third-order valence-corrected chi connectivity index (χ3v) is 2.35. The van der Waals surface area contributed by atoms with Crippen LogP contribution in [0.15, 0.2) is 18.2 Å². The van der Waals surface area contributed by atoms with Gasteiger partial charge in [-0.2, -0.15) is 0 Å². The highest BCUT2D eigenvalue weighted by Crippen LogP contribution is 2.18. The number of carbonyl (C=O) groups excluding carboxylic acids is 1. The zero-order chi connectivity index (χ0) is 13.5. The van der Waals surface area contributed by atoms with E-state index < -0.39 is 5.97 Å². The molecular weight excluding hydrogens is 234 g/mol. The van der Waals surface area contributed by atoms with Gasteiger partial charge in [0.05, 0.1) is 6.42 Å². The first-order chi connectivity index (χ1) is 8.49. The van der Waals surface area contributed by atoms with E-state index >= 15 is 0 Å². The van der Waals surface area contributed by atoms with Gasteiger partial charge in [-0.15, -0.1) is 0 Å². The molecule has 0 spiro atoms. The number of carbonyl (C=O) groups is 2. The minimum Gasteiger partial charge on any atom is -0.484 e. The molecule has 0 saturated heterocycles. The van der Waals surface area contributed by atoms with Crippen molar-refractivity contribution in [1.29, 1.82) is 0 Å². The van der Waals surface area contributed by atoms with Gasteiger partial charge in [0.25, 0.3) is 5.91 Å². The first-order valence-corrected chi connectivity index (χ1v) is 5.67. The molecule has 0 aromatic heterocycles. The Labute approximate surface area is 106 Å². The molecule has 1 amide bonds. The number of amides is 1. The summed E-state index contributed by atoms with van der Waals surface area (Å²) in [5.74, 6) is -0.601. The quantitative estimate of drug-likeness (QED) is 0.798. The number of carboxylic acid groups (broad SMARTS) is 1. The maximum atomic E-state index is 11.3. The number of hydrogen-bond acceptors (Lipinski definition) is 3. The van der Waals surface area contributed by atoms with E-state index in [2.05, 4.69) is 5.32 Å². The van der Waals surface area contributed by atoms with Crippen molar-refractivity contribution in [1.82, 2.24) is 5.32 Å². The molecule has 0 fully saturated rings. The van der Waals surface area contributed by atoms with E-state index in [1.165, 1.54) is 0 Å². The molecule has 0 saturated carbocycles. The van der Waals surface area contributed by atoms with E-state index in [0.29, 0.717) is 5.75 Å². The van der Waals surface area contributed by atoms with Gasteiger partial charge in [-0.3, -0.25) is 9.59 Å². The fraction of sp³-hybridized carbons (Fsp3) is 0.385. The van der Waals surface area contributed by atoms with Crippen LogP contribution in [0.5, 0.6) is 5.75 Å². The summed E-state index contributed by atoms with van der Waals surface area (Å²) in [6, 6.07) is 5.69. The first kappa shape index (κ1) is 14.0. The Morgan fingerprint density at radius 3 is 2.67 bits per heavy atom. The Bertz CT molecular complexity index is 443. The smallest absolute Gasteiger partial charge is 0.305 e. The highest BCUT2D eigenvalue weighted by molar-refractivity contribution is 5.78. The Hall–Kier alpha value is -2.04. The average molecular weight is 251 g/mol. The Morgan fingerprint density at radius 1 is 1.33 bits per heavy atom. The summed E-state index contributed by atoms with van der Waals surface area (Å²) in [4.78, 5) is 21.6. The van der Waals surface area contributed by atoms with E-state index in [1.807, 2.05) is 32.0 Å². The minimum absolute atomic E-state index is 0.0880. The molecule has 0 aliphatic heterocycles. The maximum absolute atomic E-state index is 11.3. The number of carboxylic acids is 1. The summed E-state index contributed by atoms with van der Waals surface area (Å²) in [5.41, 5.74) is 2.10. The van der Waals surface area contributed by atoms with Crippen molar-refractivity contribution in [3.63, 3.8) is 0 Å². The Morgan fingerprint density at radius 2 is 2.06 bits per heavy atom. The van der Waals surface area contributed by atoms with Gasteiger partial charge in [-0.25, -0.2) is 0 Å². The number of rotatable bonds is 6. The van der Waals surface area contributed by atoms with E-state index in [4.69, 9.17) is 9.84 Å². The molecule has 0 radical (unpaired) electrons. The third-order valence-electron chi connectivity index (χ3n) is 2.35. The van der Waals surface area contributed by atoms with Crippen molar-refractivity contribution in [2.45, 2.75) is 20.3 Å². The van der Waals surface area contributed by atoms with Crippen molar-refractivity contribution in [2.75, 3.05) is 13.2 Å². The SMILES string of the molecule is Cc1ccc(OCC(=O)NCCC(=O)O)c(C)c1. The number of ether oxygens (including phenoxy) is 1. The van der Waals surface area contributed by atoms with Crippen molar-refractivity contribution < 1.29 is 19.4 Å². The fourth-order valence-electron chi connectivity index (χ4n) is 1.46. The van der Waals surface area contributed by atoms with Crippen LogP contribution in [0, 0.1) is 13.8 Å². The van der Waals surface area contributed by atoms with Gasteiger partial charge in [-0.05, 0) is 25.5 Å². The summed E-state index contributed by atoms with van der Waals surface area (Å²) >= 11 is 0. The van der Waals surface area contributed by atoms with Crippen molar-refractivity contribution in [3.8, 4) is 5.75 Å². The molecule has 0 bridgehead atoms. The lowest BCUT2D eigenvalue weighted by Crippen LogP contribution is -2.30. The topological polar surface area (TPSA) is 75.6 Å². The molecular formula is C13H17NO4. The number of aliphatic carboxylic acids is 1. The fourth-order valence-corrected chi connectivity index (χ4v) is 1.46. The lowest BCUT2D eigenvalue weighted by molar-refractivity contribution is -0.137. The number of nitrogens with one attached hydrogen (secondary N) is 1. The van der Waals surface area contributed by atoms with Crippen molar-refractivity contribution in [3.05, 3.63) is 29.3 Å². The van der Waals surface area contributed by atoms with Gasteiger partial charge in [0.1, 0.15) is 5.75 Å². The van der Waals surface area contributed by atoms with Crippen LogP contribution in [0.25, 0.3) is 0 Å². The van der Waals surface area contributed by atoms with Gasteiger partial charge < -0.3 is 15.2 Å². The standard InChI is InChI=1S/C13H17NO4/c1-9-3-4-11(10(2)7-9)18-8-12(15)14-6-5-13(16)17/h3-4,7H,5-6,8H2,1-2H3,(H,14,15)(H,16,17). The number of hydrogen-bond donors (Lipinski definition) is 2.